The molecule has 2 aliphatic rings. The maximum Gasteiger partial charge on any atom is 0.109 e. The van der Waals surface area contributed by atoms with Crippen LogP contribution in [0.5, 0.6) is 0 Å². The lowest BCUT2D eigenvalue weighted by molar-refractivity contribution is 0.0719. The molecule has 0 spiro atoms. The van der Waals surface area contributed by atoms with Crippen LogP contribution in [0.25, 0.3) is 0 Å². The maximum atomic E-state index is 9.49. The number of hydrogen-bond acceptors (Lipinski definition) is 4. The van der Waals surface area contributed by atoms with Crippen LogP contribution < -0.4 is 5.32 Å². The smallest absolute Gasteiger partial charge is 0.109 e. The molecule has 1 saturated carbocycles. The SMILES string of the molecule is CCN(CCC1CCCC1(C#N)NC)CC1CCCO1. The molecule has 20 heavy (non-hydrogen) atoms. The van der Waals surface area contributed by atoms with E-state index in [0.29, 0.717) is 12.0 Å². The minimum absolute atomic E-state index is 0.275. The molecular formula is C16H29N3O. The number of ether oxygens (including phenoxy) is 1. The third-order valence-corrected chi connectivity index (χ3v) is 5.19. The zero-order valence-corrected chi connectivity index (χ0v) is 13.0. The van der Waals surface area contributed by atoms with Crippen LogP contribution >= 0.6 is 0 Å². The van der Waals surface area contributed by atoms with Gasteiger partial charge in [-0.2, -0.15) is 5.26 Å². The van der Waals surface area contributed by atoms with Crippen LogP contribution in [0.4, 0.5) is 0 Å². The lowest BCUT2D eigenvalue weighted by Crippen LogP contribution is -2.46. The van der Waals surface area contributed by atoms with Crippen molar-refractivity contribution in [2.24, 2.45) is 5.92 Å². The maximum absolute atomic E-state index is 9.49. The monoisotopic (exact) mass is 279 g/mol. The van der Waals surface area contributed by atoms with Crippen LogP contribution in [0.3, 0.4) is 0 Å². The van der Waals surface area contributed by atoms with Crippen molar-refractivity contribution in [3.05, 3.63) is 0 Å². The Hall–Kier alpha value is -0.630. The zero-order valence-electron chi connectivity index (χ0n) is 13.0. The molecule has 4 heteroatoms. The number of hydrogen-bond donors (Lipinski definition) is 1. The van der Waals surface area contributed by atoms with Crippen LogP contribution in [0.15, 0.2) is 0 Å². The van der Waals surface area contributed by atoms with E-state index >= 15 is 0 Å². The Morgan fingerprint density at radius 1 is 1.40 bits per heavy atom. The van der Waals surface area contributed by atoms with Crippen LogP contribution in [0, 0.1) is 17.2 Å². The first-order chi connectivity index (χ1) is 9.74. The highest BCUT2D eigenvalue weighted by Crippen LogP contribution is 2.37. The fraction of sp³-hybridized carbons (Fsp3) is 0.938. The summed E-state index contributed by atoms with van der Waals surface area (Å²) in [5.74, 6) is 0.496. The Balaban J connectivity index is 1.81. The van der Waals surface area contributed by atoms with Crippen LogP contribution in [-0.2, 0) is 4.74 Å². The van der Waals surface area contributed by atoms with Crippen molar-refractivity contribution in [2.75, 3.05) is 33.3 Å². The Kier molecular flexibility index (Phi) is 5.83. The molecule has 4 nitrogen and oxygen atoms in total. The first-order valence-electron chi connectivity index (χ1n) is 8.18. The molecule has 0 aromatic heterocycles. The summed E-state index contributed by atoms with van der Waals surface area (Å²) in [6.45, 7) is 6.38. The summed E-state index contributed by atoms with van der Waals surface area (Å²) >= 11 is 0. The van der Waals surface area contributed by atoms with Gasteiger partial charge in [0.2, 0.25) is 0 Å². The van der Waals surface area contributed by atoms with Gasteiger partial charge in [0, 0.05) is 13.2 Å². The summed E-state index contributed by atoms with van der Waals surface area (Å²) in [6, 6.07) is 2.54. The minimum atomic E-state index is -0.275. The fourth-order valence-corrected chi connectivity index (χ4v) is 3.79. The predicted molar refractivity (Wildman–Crippen MR) is 80.4 cm³/mol. The van der Waals surface area contributed by atoms with Gasteiger partial charge < -0.3 is 15.0 Å². The highest BCUT2D eigenvalue weighted by Gasteiger charge is 2.41. The van der Waals surface area contributed by atoms with Crippen molar-refractivity contribution < 1.29 is 4.74 Å². The Bertz CT molecular complexity index is 335. The average Bonchev–Trinajstić information content (AvgIpc) is 3.13. The van der Waals surface area contributed by atoms with E-state index in [9.17, 15) is 5.26 Å². The second-order valence-corrected chi connectivity index (χ2v) is 6.24. The summed E-state index contributed by atoms with van der Waals surface area (Å²) in [5.41, 5.74) is -0.275. The molecular weight excluding hydrogens is 250 g/mol. The van der Waals surface area contributed by atoms with E-state index in [-0.39, 0.29) is 5.54 Å². The van der Waals surface area contributed by atoms with E-state index < -0.39 is 0 Å². The van der Waals surface area contributed by atoms with Gasteiger partial charge in [0.05, 0.1) is 12.2 Å². The number of likely N-dealkylation sites (N-methyl/N-ethyl adjacent to an activating group) is 1. The molecule has 1 saturated heterocycles. The lowest BCUT2D eigenvalue weighted by Gasteiger charge is -2.31. The topological polar surface area (TPSA) is 48.3 Å². The molecule has 3 unspecified atom stereocenters. The van der Waals surface area contributed by atoms with E-state index in [2.05, 4.69) is 23.2 Å². The summed E-state index contributed by atoms with van der Waals surface area (Å²) in [5, 5.41) is 12.8. The Morgan fingerprint density at radius 2 is 2.25 bits per heavy atom. The largest absolute Gasteiger partial charge is 0.377 e. The van der Waals surface area contributed by atoms with Gasteiger partial charge in [-0.3, -0.25) is 0 Å². The van der Waals surface area contributed by atoms with Crippen molar-refractivity contribution in [2.45, 2.75) is 57.1 Å². The van der Waals surface area contributed by atoms with Gasteiger partial charge in [0.1, 0.15) is 5.54 Å². The van der Waals surface area contributed by atoms with Gasteiger partial charge in [-0.1, -0.05) is 13.3 Å². The number of nitrogens with zero attached hydrogens (tertiary/aromatic N) is 2. The molecule has 1 aliphatic heterocycles. The molecule has 2 fully saturated rings. The minimum Gasteiger partial charge on any atom is -0.377 e. The van der Waals surface area contributed by atoms with E-state index in [1.807, 2.05) is 7.05 Å². The molecule has 114 valence electrons. The molecule has 1 heterocycles. The predicted octanol–water partition coefficient (Wildman–Crippen LogP) is 2.16. The lowest BCUT2D eigenvalue weighted by atomic mass is 9.86. The van der Waals surface area contributed by atoms with Crippen LogP contribution in [-0.4, -0.2) is 49.8 Å². The van der Waals surface area contributed by atoms with E-state index in [1.165, 1.54) is 25.7 Å². The molecule has 0 radical (unpaired) electrons. The number of nitrogens with one attached hydrogen (secondary N) is 1. The highest BCUT2D eigenvalue weighted by atomic mass is 16.5. The van der Waals surface area contributed by atoms with E-state index in [1.54, 1.807) is 0 Å². The van der Waals surface area contributed by atoms with E-state index in [4.69, 9.17) is 4.74 Å². The summed E-state index contributed by atoms with van der Waals surface area (Å²) < 4.78 is 5.73. The van der Waals surface area contributed by atoms with E-state index in [0.717, 1.165) is 39.1 Å². The van der Waals surface area contributed by atoms with Crippen molar-refractivity contribution >= 4 is 0 Å². The van der Waals surface area contributed by atoms with Gasteiger partial charge in [0.15, 0.2) is 0 Å². The normalized spacial score (nSPS) is 33.7. The zero-order chi connectivity index (χ0) is 14.4. The molecule has 1 N–H and O–H groups in total. The third kappa shape index (κ3) is 3.52. The van der Waals surface area contributed by atoms with Crippen LogP contribution in [0.1, 0.15) is 45.4 Å². The second kappa shape index (κ2) is 7.40. The summed E-state index contributed by atoms with van der Waals surface area (Å²) in [4.78, 5) is 2.49. The van der Waals surface area contributed by atoms with Crippen LogP contribution in [0.2, 0.25) is 0 Å². The summed E-state index contributed by atoms with van der Waals surface area (Å²) in [6.07, 6.45) is 7.34. The fourth-order valence-electron chi connectivity index (χ4n) is 3.79. The molecule has 0 bridgehead atoms. The van der Waals surface area contributed by atoms with Gasteiger partial charge in [-0.25, -0.2) is 0 Å². The first-order valence-corrected chi connectivity index (χ1v) is 8.18. The number of rotatable bonds is 7. The van der Waals surface area contributed by atoms with Gasteiger partial charge in [-0.05, 0) is 58.2 Å². The standard InChI is InChI=1S/C16H29N3O/c1-3-19(12-15-7-5-11-20-15)10-8-14-6-4-9-16(14,13-17)18-2/h14-15,18H,3-12H2,1-2H3. The highest BCUT2D eigenvalue weighted by molar-refractivity contribution is 5.13. The van der Waals surface area contributed by atoms with Crippen molar-refractivity contribution in [3.8, 4) is 6.07 Å². The molecule has 0 aromatic rings. The number of nitriles is 1. The van der Waals surface area contributed by atoms with Crippen molar-refractivity contribution in [1.29, 1.82) is 5.26 Å². The van der Waals surface area contributed by atoms with Gasteiger partial charge in [-0.15, -0.1) is 0 Å². The van der Waals surface area contributed by atoms with Crippen molar-refractivity contribution in [3.63, 3.8) is 0 Å². The molecule has 3 atom stereocenters. The Labute approximate surface area is 123 Å². The second-order valence-electron chi connectivity index (χ2n) is 6.24. The quantitative estimate of drug-likeness (QED) is 0.776. The molecule has 2 rings (SSSR count). The van der Waals surface area contributed by atoms with Gasteiger partial charge >= 0.3 is 0 Å². The van der Waals surface area contributed by atoms with Crippen molar-refractivity contribution in [1.82, 2.24) is 10.2 Å². The Morgan fingerprint density at radius 3 is 2.85 bits per heavy atom. The third-order valence-electron chi connectivity index (χ3n) is 5.19. The molecule has 0 aromatic carbocycles. The average molecular weight is 279 g/mol. The van der Waals surface area contributed by atoms with Gasteiger partial charge in [0.25, 0.3) is 0 Å². The molecule has 1 aliphatic carbocycles. The molecule has 0 amide bonds. The first kappa shape index (κ1) is 15.8. The summed E-state index contributed by atoms with van der Waals surface area (Å²) in [7, 11) is 1.94.